The van der Waals surface area contributed by atoms with E-state index in [4.69, 9.17) is 0 Å². The summed E-state index contributed by atoms with van der Waals surface area (Å²) < 4.78 is 1.07. The molecule has 0 aromatic heterocycles. The van der Waals surface area contributed by atoms with Gasteiger partial charge in [0.05, 0.1) is 27.7 Å². The van der Waals surface area contributed by atoms with E-state index in [-0.39, 0.29) is 0 Å². The van der Waals surface area contributed by atoms with E-state index in [9.17, 15) is 0 Å². The van der Waals surface area contributed by atoms with Gasteiger partial charge in [0.25, 0.3) is 0 Å². The Hall–Kier alpha value is -0.0400. The summed E-state index contributed by atoms with van der Waals surface area (Å²) in [6, 6.07) is 0. The molecule has 0 spiro atoms. The smallest absolute Gasteiger partial charge is 0.0814 e. The summed E-state index contributed by atoms with van der Waals surface area (Å²) in [5.41, 5.74) is 0.853. The molecule has 0 aromatic carbocycles. The minimum atomic E-state index is 0.415. The van der Waals surface area contributed by atoms with Crippen LogP contribution in [-0.2, 0) is 0 Å². The van der Waals surface area contributed by atoms with Gasteiger partial charge in [-0.05, 0) is 17.3 Å². The molecule has 0 aliphatic carbocycles. The van der Waals surface area contributed by atoms with Crippen LogP contribution in [0.5, 0.6) is 0 Å². The molecule has 1 unspecified atom stereocenters. The van der Waals surface area contributed by atoms with Crippen LogP contribution < -0.4 is 0 Å². The minimum absolute atomic E-state index is 0.415. The molecule has 0 fully saturated rings. The minimum Gasteiger partial charge on any atom is -0.331 e. The highest BCUT2D eigenvalue weighted by Gasteiger charge is 2.32. The normalized spacial score (nSPS) is 16.6. The summed E-state index contributed by atoms with van der Waals surface area (Å²) in [5, 5.41) is 0. The highest BCUT2D eigenvalue weighted by atomic mass is 15.3. The Morgan fingerprint density at radius 1 is 0.867 bits per heavy atom. The first kappa shape index (κ1) is 15.0. The third kappa shape index (κ3) is 7.84. The zero-order valence-electron chi connectivity index (χ0n) is 12.4. The van der Waals surface area contributed by atoms with Gasteiger partial charge < -0.3 is 4.48 Å². The summed E-state index contributed by atoms with van der Waals surface area (Å²) in [7, 11) is 6.88. The van der Waals surface area contributed by atoms with Gasteiger partial charge in [0.2, 0.25) is 0 Å². The Bertz CT molecular complexity index is 169. The van der Waals surface area contributed by atoms with Crippen molar-refractivity contribution in [3.63, 3.8) is 0 Å². The molecule has 0 N–H and O–H groups in total. The summed E-state index contributed by atoms with van der Waals surface area (Å²) in [6.45, 7) is 15.4. The van der Waals surface area contributed by atoms with Crippen LogP contribution in [0, 0.1) is 16.7 Å². The van der Waals surface area contributed by atoms with Crippen molar-refractivity contribution in [1.82, 2.24) is 0 Å². The van der Waals surface area contributed by atoms with Gasteiger partial charge in [-0.2, -0.15) is 0 Å². The standard InChI is InChI=1S/C14H32N/c1-13(2,3)10-12(14(4,5)6)11-15(7,8)9/h12H,10-11H2,1-9H3/q+1. The topological polar surface area (TPSA) is 0 Å². The average molecular weight is 214 g/mol. The third-order valence-corrected chi connectivity index (χ3v) is 2.85. The molecule has 1 heteroatoms. The predicted octanol–water partition coefficient (Wildman–Crippen LogP) is 3.79. The fraction of sp³-hybridized carbons (Fsp3) is 1.00. The maximum atomic E-state index is 2.37. The van der Waals surface area contributed by atoms with Crippen LogP contribution in [-0.4, -0.2) is 32.2 Å². The molecule has 0 heterocycles. The second-order valence-electron chi connectivity index (χ2n) is 8.30. The Morgan fingerprint density at radius 3 is 1.47 bits per heavy atom. The van der Waals surface area contributed by atoms with E-state index in [0.29, 0.717) is 10.8 Å². The molecule has 0 amide bonds. The summed E-state index contributed by atoms with van der Waals surface area (Å²) in [6.07, 6.45) is 1.31. The van der Waals surface area contributed by atoms with Crippen molar-refractivity contribution >= 4 is 0 Å². The maximum absolute atomic E-state index is 2.37. The van der Waals surface area contributed by atoms with Gasteiger partial charge >= 0.3 is 0 Å². The number of quaternary nitrogens is 1. The Balaban J connectivity index is 4.62. The first-order valence-electron chi connectivity index (χ1n) is 6.12. The van der Waals surface area contributed by atoms with Crippen LogP contribution in [0.15, 0.2) is 0 Å². The Labute approximate surface area is 97.5 Å². The summed E-state index contributed by atoms with van der Waals surface area (Å²) >= 11 is 0. The van der Waals surface area contributed by atoms with Gasteiger partial charge in [0.15, 0.2) is 0 Å². The summed E-state index contributed by atoms with van der Waals surface area (Å²) in [5.74, 6) is 0.789. The molecule has 0 radical (unpaired) electrons. The monoisotopic (exact) mass is 214 g/mol. The van der Waals surface area contributed by atoms with Crippen molar-refractivity contribution in [1.29, 1.82) is 0 Å². The molecule has 0 rings (SSSR count). The van der Waals surface area contributed by atoms with E-state index in [1.54, 1.807) is 0 Å². The molecule has 0 aliphatic rings. The predicted molar refractivity (Wildman–Crippen MR) is 69.9 cm³/mol. The first-order chi connectivity index (χ1) is 6.31. The lowest BCUT2D eigenvalue weighted by Gasteiger charge is -2.39. The Kier molecular flexibility index (Phi) is 4.44. The Morgan fingerprint density at radius 2 is 1.27 bits per heavy atom. The second kappa shape index (κ2) is 4.45. The lowest BCUT2D eigenvalue weighted by atomic mass is 9.72. The van der Waals surface area contributed by atoms with Gasteiger partial charge in [0.1, 0.15) is 0 Å². The molecule has 15 heavy (non-hydrogen) atoms. The highest BCUT2D eigenvalue weighted by molar-refractivity contribution is 4.78. The largest absolute Gasteiger partial charge is 0.331 e. The molecule has 92 valence electrons. The van der Waals surface area contributed by atoms with Crippen LogP contribution in [0.2, 0.25) is 0 Å². The second-order valence-corrected chi connectivity index (χ2v) is 8.30. The first-order valence-corrected chi connectivity index (χ1v) is 6.12. The van der Waals surface area contributed by atoms with E-state index in [0.717, 1.165) is 10.4 Å². The van der Waals surface area contributed by atoms with Crippen molar-refractivity contribution in [2.24, 2.45) is 16.7 Å². The van der Waals surface area contributed by atoms with Crippen LogP contribution in [0.3, 0.4) is 0 Å². The van der Waals surface area contributed by atoms with Gasteiger partial charge in [-0.3, -0.25) is 0 Å². The van der Waals surface area contributed by atoms with Gasteiger partial charge in [0, 0.05) is 5.92 Å². The number of nitrogens with zero attached hydrogens (tertiary/aromatic N) is 1. The molecule has 0 saturated carbocycles. The highest BCUT2D eigenvalue weighted by Crippen LogP contribution is 2.36. The fourth-order valence-corrected chi connectivity index (χ4v) is 2.04. The fourth-order valence-electron chi connectivity index (χ4n) is 2.04. The van der Waals surface area contributed by atoms with Crippen molar-refractivity contribution in [2.75, 3.05) is 27.7 Å². The average Bonchev–Trinajstić information content (AvgIpc) is 1.75. The number of hydrogen-bond acceptors (Lipinski definition) is 0. The zero-order valence-corrected chi connectivity index (χ0v) is 12.4. The molecular formula is C14H32N+. The van der Waals surface area contributed by atoms with Crippen molar-refractivity contribution in [3.05, 3.63) is 0 Å². The van der Waals surface area contributed by atoms with Crippen molar-refractivity contribution in [2.45, 2.75) is 48.0 Å². The summed E-state index contributed by atoms with van der Waals surface area (Å²) in [4.78, 5) is 0. The van der Waals surface area contributed by atoms with E-state index in [1.165, 1.54) is 13.0 Å². The molecule has 1 atom stereocenters. The van der Waals surface area contributed by atoms with Gasteiger partial charge in [-0.25, -0.2) is 0 Å². The van der Waals surface area contributed by atoms with E-state index < -0.39 is 0 Å². The van der Waals surface area contributed by atoms with E-state index in [1.807, 2.05) is 0 Å². The van der Waals surface area contributed by atoms with Crippen molar-refractivity contribution < 1.29 is 4.48 Å². The lowest BCUT2D eigenvalue weighted by molar-refractivity contribution is -0.875. The zero-order chi connectivity index (χ0) is 12.5. The molecule has 0 aromatic rings. The van der Waals surface area contributed by atoms with Crippen LogP contribution >= 0.6 is 0 Å². The van der Waals surface area contributed by atoms with E-state index >= 15 is 0 Å². The number of hydrogen-bond donors (Lipinski definition) is 0. The third-order valence-electron chi connectivity index (χ3n) is 2.85. The quantitative estimate of drug-likeness (QED) is 0.627. The maximum Gasteiger partial charge on any atom is 0.0814 e. The SMILES string of the molecule is CC(C)(C)CC(C[N+](C)(C)C)C(C)(C)C. The van der Waals surface area contributed by atoms with Gasteiger partial charge in [-0.1, -0.05) is 41.5 Å². The number of rotatable bonds is 3. The van der Waals surface area contributed by atoms with Crippen LogP contribution in [0.1, 0.15) is 48.0 Å². The molecule has 0 bridgehead atoms. The van der Waals surface area contributed by atoms with Gasteiger partial charge in [-0.15, -0.1) is 0 Å². The molecule has 0 saturated heterocycles. The molecule has 0 aliphatic heterocycles. The van der Waals surface area contributed by atoms with Crippen LogP contribution in [0.4, 0.5) is 0 Å². The molecular weight excluding hydrogens is 182 g/mol. The molecule has 1 nitrogen and oxygen atoms in total. The van der Waals surface area contributed by atoms with Crippen LogP contribution in [0.25, 0.3) is 0 Å². The van der Waals surface area contributed by atoms with Crippen molar-refractivity contribution in [3.8, 4) is 0 Å². The lowest BCUT2D eigenvalue weighted by Crippen LogP contribution is -2.44. The van der Waals surface area contributed by atoms with E-state index in [2.05, 4.69) is 62.7 Å².